The van der Waals surface area contributed by atoms with Crippen LogP contribution in [0, 0.1) is 24.6 Å². The van der Waals surface area contributed by atoms with Crippen LogP contribution in [0.25, 0.3) is 15.9 Å². The summed E-state index contributed by atoms with van der Waals surface area (Å²) in [5.41, 5.74) is 1.43. The van der Waals surface area contributed by atoms with Crippen molar-refractivity contribution in [2.24, 2.45) is 11.8 Å². The standard InChI is InChI=1S/C22H24FN3O2S2/c1-13-8-14(2)11-25(10-13)19(27)12-30-22-24-18-6-7-29-20(18)21(28)26(22)16-4-5-17(23)15(3)9-16/h4-7,9,13-14H,8,10-12H2,1-3H3/t13-,14+. The predicted octanol–water partition coefficient (Wildman–Crippen LogP) is 4.49. The predicted molar refractivity (Wildman–Crippen MR) is 120 cm³/mol. The van der Waals surface area contributed by atoms with E-state index >= 15 is 0 Å². The van der Waals surface area contributed by atoms with Crippen molar-refractivity contribution in [3.05, 3.63) is 51.4 Å². The first kappa shape index (κ1) is 21.1. The molecular formula is C22H24FN3O2S2. The lowest BCUT2D eigenvalue weighted by atomic mass is 9.92. The number of fused-ring (bicyclic) bond motifs is 1. The summed E-state index contributed by atoms with van der Waals surface area (Å²) in [5.74, 6) is 0.920. The van der Waals surface area contributed by atoms with Crippen LogP contribution in [0.15, 0.2) is 39.6 Å². The Hall–Kier alpha value is -2.19. The van der Waals surface area contributed by atoms with Crippen molar-refractivity contribution in [1.29, 1.82) is 0 Å². The molecule has 0 saturated carbocycles. The number of nitrogens with zero attached hydrogens (tertiary/aromatic N) is 3. The zero-order valence-electron chi connectivity index (χ0n) is 17.2. The van der Waals surface area contributed by atoms with Gasteiger partial charge in [0.05, 0.1) is 17.0 Å². The van der Waals surface area contributed by atoms with E-state index < -0.39 is 0 Å². The molecule has 1 aliphatic heterocycles. The smallest absolute Gasteiger partial charge is 0.276 e. The maximum atomic E-state index is 13.8. The fourth-order valence-electron chi connectivity index (χ4n) is 4.07. The molecule has 2 aromatic heterocycles. The Morgan fingerprint density at radius 1 is 1.27 bits per heavy atom. The van der Waals surface area contributed by atoms with E-state index in [4.69, 9.17) is 0 Å². The van der Waals surface area contributed by atoms with Gasteiger partial charge in [-0.25, -0.2) is 9.37 Å². The molecular weight excluding hydrogens is 421 g/mol. The Balaban J connectivity index is 1.67. The zero-order chi connectivity index (χ0) is 21.4. The number of hydrogen-bond acceptors (Lipinski definition) is 5. The minimum atomic E-state index is -0.324. The van der Waals surface area contributed by atoms with E-state index in [9.17, 15) is 14.0 Å². The molecule has 1 aromatic carbocycles. The summed E-state index contributed by atoms with van der Waals surface area (Å²) in [7, 11) is 0. The number of benzene rings is 1. The van der Waals surface area contributed by atoms with Crippen molar-refractivity contribution in [2.75, 3.05) is 18.8 Å². The molecule has 1 aliphatic rings. The van der Waals surface area contributed by atoms with E-state index in [-0.39, 0.29) is 23.0 Å². The number of piperidine rings is 1. The van der Waals surface area contributed by atoms with Crippen molar-refractivity contribution >= 4 is 39.2 Å². The Morgan fingerprint density at radius 2 is 2.00 bits per heavy atom. The summed E-state index contributed by atoms with van der Waals surface area (Å²) >= 11 is 2.59. The van der Waals surface area contributed by atoms with Gasteiger partial charge in [-0.2, -0.15) is 0 Å². The number of halogens is 1. The van der Waals surface area contributed by atoms with Crippen molar-refractivity contribution in [2.45, 2.75) is 32.3 Å². The number of carbonyl (C=O) groups is 1. The van der Waals surface area contributed by atoms with Gasteiger partial charge in [-0.3, -0.25) is 14.2 Å². The highest BCUT2D eigenvalue weighted by molar-refractivity contribution is 7.99. The lowest BCUT2D eigenvalue weighted by Crippen LogP contribution is -2.43. The zero-order valence-corrected chi connectivity index (χ0v) is 18.9. The number of thioether (sulfide) groups is 1. The summed E-state index contributed by atoms with van der Waals surface area (Å²) in [5, 5.41) is 2.28. The monoisotopic (exact) mass is 445 g/mol. The number of amides is 1. The Kier molecular flexibility index (Phi) is 5.97. The van der Waals surface area contributed by atoms with Gasteiger partial charge in [0.2, 0.25) is 5.91 Å². The van der Waals surface area contributed by atoms with Gasteiger partial charge < -0.3 is 4.90 Å². The van der Waals surface area contributed by atoms with E-state index in [1.54, 1.807) is 19.1 Å². The molecule has 0 N–H and O–H groups in total. The number of carbonyl (C=O) groups excluding carboxylic acids is 1. The van der Waals surface area contributed by atoms with Crippen LogP contribution in [-0.4, -0.2) is 39.2 Å². The third kappa shape index (κ3) is 4.16. The van der Waals surface area contributed by atoms with Crippen LogP contribution in [0.2, 0.25) is 0 Å². The van der Waals surface area contributed by atoms with Crippen LogP contribution < -0.4 is 5.56 Å². The van der Waals surface area contributed by atoms with Crippen molar-refractivity contribution in [1.82, 2.24) is 14.5 Å². The van der Waals surface area contributed by atoms with E-state index in [1.807, 2.05) is 16.3 Å². The van der Waals surface area contributed by atoms with Gasteiger partial charge in [-0.15, -0.1) is 11.3 Å². The van der Waals surface area contributed by atoms with Crippen LogP contribution in [0.4, 0.5) is 4.39 Å². The number of likely N-dealkylation sites (tertiary alicyclic amines) is 1. The van der Waals surface area contributed by atoms with Gasteiger partial charge in [0.25, 0.3) is 5.56 Å². The first-order valence-electron chi connectivity index (χ1n) is 10.0. The van der Waals surface area contributed by atoms with Gasteiger partial charge in [0, 0.05) is 13.1 Å². The molecule has 1 amide bonds. The molecule has 2 atom stereocenters. The average molecular weight is 446 g/mol. The highest BCUT2D eigenvalue weighted by atomic mass is 32.2. The molecule has 3 aromatic rings. The van der Waals surface area contributed by atoms with Crippen molar-refractivity contribution in [3.63, 3.8) is 0 Å². The number of aryl methyl sites for hydroxylation is 1. The second-order valence-electron chi connectivity index (χ2n) is 8.14. The molecule has 0 unspecified atom stereocenters. The van der Waals surface area contributed by atoms with Crippen molar-refractivity contribution < 1.29 is 9.18 Å². The van der Waals surface area contributed by atoms with E-state index in [0.29, 0.717) is 38.5 Å². The number of thiophene rings is 1. The Bertz CT molecular complexity index is 1150. The first-order chi connectivity index (χ1) is 14.3. The number of aromatic nitrogens is 2. The van der Waals surface area contributed by atoms with Gasteiger partial charge in [0.1, 0.15) is 10.5 Å². The Labute approximate surface area is 182 Å². The fraction of sp³-hybridized carbons (Fsp3) is 0.409. The third-order valence-corrected chi connectivity index (χ3v) is 7.21. The minimum Gasteiger partial charge on any atom is -0.341 e. The molecule has 0 bridgehead atoms. The normalized spacial score (nSPS) is 19.4. The summed E-state index contributed by atoms with van der Waals surface area (Å²) < 4.78 is 15.8. The quantitative estimate of drug-likeness (QED) is 0.439. The molecule has 8 heteroatoms. The molecule has 4 rings (SSSR count). The van der Waals surface area contributed by atoms with Gasteiger partial charge in [0.15, 0.2) is 5.16 Å². The summed E-state index contributed by atoms with van der Waals surface area (Å²) in [6.07, 6.45) is 1.14. The molecule has 0 spiro atoms. The third-order valence-electron chi connectivity index (χ3n) is 5.40. The highest BCUT2D eigenvalue weighted by Gasteiger charge is 2.26. The molecule has 5 nitrogen and oxygen atoms in total. The van der Waals surface area contributed by atoms with Crippen LogP contribution >= 0.6 is 23.1 Å². The topological polar surface area (TPSA) is 55.2 Å². The van der Waals surface area contributed by atoms with E-state index in [0.717, 1.165) is 19.5 Å². The first-order valence-corrected chi connectivity index (χ1v) is 11.9. The summed E-state index contributed by atoms with van der Waals surface area (Å²) in [6, 6.07) is 6.37. The van der Waals surface area contributed by atoms with Gasteiger partial charge in [-0.1, -0.05) is 25.6 Å². The average Bonchev–Trinajstić information content (AvgIpc) is 3.17. The molecule has 158 valence electrons. The second-order valence-corrected chi connectivity index (χ2v) is 10.00. The van der Waals surface area contributed by atoms with Crippen LogP contribution in [0.3, 0.4) is 0 Å². The van der Waals surface area contributed by atoms with Crippen LogP contribution in [-0.2, 0) is 4.79 Å². The lowest BCUT2D eigenvalue weighted by molar-refractivity contribution is -0.130. The molecule has 30 heavy (non-hydrogen) atoms. The molecule has 0 radical (unpaired) electrons. The fourth-order valence-corrected chi connectivity index (χ4v) is 5.74. The maximum Gasteiger partial charge on any atom is 0.276 e. The molecule has 1 saturated heterocycles. The van der Waals surface area contributed by atoms with E-state index in [2.05, 4.69) is 18.8 Å². The summed E-state index contributed by atoms with van der Waals surface area (Å²) in [6.45, 7) is 7.54. The maximum absolute atomic E-state index is 13.8. The molecule has 3 heterocycles. The largest absolute Gasteiger partial charge is 0.341 e. The van der Waals surface area contributed by atoms with Crippen molar-refractivity contribution in [3.8, 4) is 5.69 Å². The molecule has 1 fully saturated rings. The highest BCUT2D eigenvalue weighted by Crippen LogP contribution is 2.26. The van der Waals surface area contributed by atoms with Gasteiger partial charge in [-0.05, 0) is 60.4 Å². The second kappa shape index (κ2) is 8.51. The SMILES string of the molecule is Cc1cc(-n2c(SCC(=O)N3C[C@H](C)C[C@H](C)C3)nc3ccsc3c2=O)ccc1F. The number of rotatable bonds is 4. The van der Waals surface area contributed by atoms with E-state index in [1.165, 1.54) is 33.7 Å². The minimum absolute atomic E-state index is 0.0555. The van der Waals surface area contributed by atoms with Gasteiger partial charge >= 0.3 is 0 Å². The number of hydrogen-bond donors (Lipinski definition) is 0. The Morgan fingerprint density at radius 3 is 2.70 bits per heavy atom. The molecule has 0 aliphatic carbocycles. The van der Waals surface area contributed by atoms with Crippen LogP contribution in [0.1, 0.15) is 25.8 Å². The van der Waals surface area contributed by atoms with Crippen LogP contribution in [0.5, 0.6) is 0 Å². The lowest BCUT2D eigenvalue weighted by Gasteiger charge is -2.35. The summed E-state index contributed by atoms with van der Waals surface area (Å²) in [4.78, 5) is 32.6.